The van der Waals surface area contributed by atoms with Crippen LogP contribution >= 0.6 is 0 Å². The van der Waals surface area contributed by atoms with Crippen LogP contribution in [0, 0.1) is 5.82 Å². The van der Waals surface area contributed by atoms with Gasteiger partial charge in [0.1, 0.15) is 5.82 Å². The van der Waals surface area contributed by atoms with E-state index in [0.717, 1.165) is 11.1 Å². The second-order valence-corrected chi connectivity index (χ2v) is 8.94. The number of carboxylic acids is 1. The van der Waals surface area contributed by atoms with E-state index in [4.69, 9.17) is 0 Å². The van der Waals surface area contributed by atoms with Gasteiger partial charge in [0.15, 0.2) is 0 Å². The van der Waals surface area contributed by atoms with E-state index in [-0.39, 0.29) is 37.1 Å². The van der Waals surface area contributed by atoms with Gasteiger partial charge in [-0.2, -0.15) is 0 Å². The number of nitrogens with zero attached hydrogens (tertiary/aromatic N) is 2. The Morgan fingerprint density at radius 3 is 2.05 bits per heavy atom. The van der Waals surface area contributed by atoms with Crippen molar-refractivity contribution in [2.45, 2.75) is 19.4 Å². The summed E-state index contributed by atoms with van der Waals surface area (Å²) < 4.78 is 13.2. The van der Waals surface area contributed by atoms with E-state index in [0.29, 0.717) is 35.2 Å². The molecule has 0 saturated carbocycles. The van der Waals surface area contributed by atoms with Crippen LogP contribution in [-0.2, 0) is 17.8 Å². The van der Waals surface area contributed by atoms with Gasteiger partial charge in [0.25, 0.3) is 11.8 Å². The summed E-state index contributed by atoms with van der Waals surface area (Å²) in [5, 5.41) is 12.1. The number of carbonyl (C=O) groups is 3. The van der Waals surface area contributed by atoms with Crippen LogP contribution in [-0.4, -0.2) is 45.9 Å². The van der Waals surface area contributed by atoms with Gasteiger partial charge in [-0.1, -0.05) is 48.5 Å². The van der Waals surface area contributed by atoms with Crippen molar-refractivity contribution in [3.8, 4) is 11.1 Å². The predicted molar refractivity (Wildman–Crippen MR) is 146 cm³/mol. The van der Waals surface area contributed by atoms with Gasteiger partial charge in [-0.3, -0.25) is 19.4 Å². The van der Waals surface area contributed by atoms with Crippen LogP contribution in [0.25, 0.3) is 11.1 Å². The average Bonchev–Trinajstić information content (AvgIpc) is 2.97. The Morgan fingerprint density at radius 2 is 1.38 bits per heavy atom. The molecule has 198 valence electrons. The highest BCUT2D eigenvalue weighted by atomic mass is 19.1. The molecule has 1 heterocycles. The lowest BCUT2D eigenvalue weighted by atomic mass is 9.94. The number of aliphatic carboxylic acids is 1. The second kappa shape index (κ2) is 13.1. The first-order chi connectivity index (χ1) is 18.9. The highest BCUT2D eigenvalue weighted by Gasteiger charge is 2.22. The Labute approximate surface area is 225 Å². The van der Waals surface area contributed by atoms with Crippen molar-refractivity contribution >= 4 is 17.8 Å². The number of carbonyl (C=O) groups excluding carboxylic acids is 2. The molecular weight excluding hydrogens is 497 g/mol. The number of nitrogens with one attached hydrogen (secondary N) is 1. The quantitative estimate of drug-likeness (QED) is 0.288. The van der Waals surface area contributed by atoms with Crippen molar-refractivity contribution in [1.29, 1.82) is 0 Å². The number of benzene rings is 3. The van der Waals surface area contributed by atoms with Crippen LogP contribution in [0.5, 0.6) is 0 Å². The number of hydrogen-bond donors (Lipinski definition) is 2. The molecule has 0 saturated heterocycles. The molecule has 0 aliphatic carbocycles. The molecule has 0 aliphatic heterocycles. The van der Waals surface area contributed by atoms with Crippen molar-refractivity contribution in [3.63, 3.8) is 0 Å². The molecule has 2 N–H and O–H groups in total. The number of pyridine rings is 1. The maximum Gasteiger partial charge on any atom is 0.305 e. The standard InChI is InChI=1S/C31H28FN3O4/c32-24-11-9-23(10-12-24)21-34-30(38)27-7-3-1-5-25(27)26-6-2-4-8-28(26)31(39)35(20-16-29(36)37)19-15-22-13-17-33-18-14-22/h1-14,17-18H,15-16,19-21H2,(H,34,38)(H,36,37). The Kier molecular flexibility index (Phi) is 9.13. The van der Waals surface area contributed by atoms with Crippen LogP contribution < -0.4 is 5.32 Å². The zero-order chi connectivity index (χ0) is 27.6. The molecule has 8 heteroatoms. The third-order valence-corrected chi connectivity index (χ3v) is 6.29. The topological polar surface area (TPSA) is 99.6 Å². The number of amides is 2. The third-order valence-electron chi connectivity index (χ3n) is 6.29. The largest absolute Gasteiger partial charge is 0.481 e. The molecule has 0 bridgehead atoms. The summed E-state index contributed by atoms with van der Waals surface area (Å²) in [6.45, 7) is 0.587. The minimum absolute atomic E-state index is 0.0490. The first kappa shape index (κ1) is 27.2. The van der Waals surface area contributed by atoms with Gasteiger partial charge in [0.05, 0.1) is 6.42 Å². The molecule has 4 aromatic rings. The van der Waals surface area contributed by atoms with Gasteiger partial charge in [0, 0.05) is 43.2 Å². The van der Waals surface area contributed by atoms with Crippen molar-refractivity contribution in [1.82, 2.24) is 15.2 Å². The Balaban J connectivity index is 1.60. The minimum atomic E-state index is -0.992. The van der Waals surface area contributed by atoms with Crippen LogP contribution in [0.1, 0.15) is 38.3 Å². The molecule has 7 nitrogen and oxygen atoms in total. The summed E-state index contributed by atoms with van der Waals surface area (Å²) in [7, 11) is 0. The maximum absolute atomic E-state index is 13.8. The number of aromatic nitrogens is 1. The lowest BCUT2D eigenvalue weighted by Crippen LogP contribution is -2.35. The maximum atomic E-state index is 13.8. The van der Waals surface area contributed by atoms with E-state index in [1.54, 1.807) is 73.1 Å². The molecule has 0 aliphatic rings. The van der Waals surface area contributed by atoms with E-state index in [2.05, 4.69) is 10.3 Å². The zero-order valence-electron chi connectivity index (χ0n) is 21.2. The molecule has 0 spiro atoms. The van der Waals surface area contributed by atoms with Crippen LogP contribution in [0.2, 0.25) is 0 Å². The summed E-state index contributed by atoms with van der Waals surface area (Å²) in [5.74, 6) is -2.00. The fourth-order valence-electron chi connectivity index (χ4n) is 4.23. The first-order valence-electron chi connectivity index (χ1n) is 12.5. The van der Waals surface area contributed by atoms with E-state index in [9.17, 15) is 23.9 Å². The van der Waals surface area contributed by atoms with Crippen LogP contribution in [0.3, 0.4) is 0 Å². The molecular formula is C31H28FN3O4. The average molecular weight is 526 g/mol. The van der Waals surface area contributed by atoms with Crippen LogP contribution in [0.4, 0.5) is 4.39 Å². The van der Waals surface area contributed by atoms with Crippen LogP contribution in [0.15, 0.2) is 97.3 Å². The molecule has 2 amide bonds. The fraction of sp³-hybridized carbons (Fsp3) is 0.161. The third kappa shape index (κ3) is 7.35. The first-order valence-corrected chi connectivity index (χ1v) is 12.5. The van der Waals surface area contributed by atoms with Crippen molar-refractivity contribution < 1.29 is 23.9 Å². The molecule has 0 fully saturated rings. The van der Waals surface area contributed by atoms with Gasteiger partial charge in [0.2, 0.25) is 0 Å². The van der Waals surface area contributed by atoms with Gasteiger partial charge in [-0.15, -0.1) is 0 Å². The molecule has 0 unspecified atom stereocenters. The fourth-order valence-corrected chi connectivity index (χ4v) is 4.23. The molecule has 39 heavy (non-hydrogen) atoms. The summed E-state index contributed by atoms with van der Waals surface area (Å²) in [4.78, 5) is 43.8. The van der Waals surface area contributed by atoms with Gasteiger partial charge >= 0.3 is 5.97 Å². The van der Waals surface area contributed by atoms with E-state index in [1.165, 1.54) is 17.0 Å². The van der Waals surface area contributed by atoms with Crippen molar-refractivity contribution in [2.75, 3.05) is 13.1 Å². The number of rotatable bonds is 11. The summed E-state index contributed by atoms with van der Waals surface area (Å²) in [6.07, 6.45) is 3.70. The minimum Gasteiger partial charge on any atom is -0.481 e. The predicted octanol–water partition coefficient (Wildman–Crippen LogP) is 4.98. The second-order valence-electron chi connectivity index (χ2n) is 8.94. The number of halogens is 1. The Morgan fingerprint density at radius 1 is 0.769 bits per heavy atom. The summed E-state index contributed by atoms with van der Waals surface area (Å²) in [5.41, 5.74) is 3.63. The lowest BCUT2D eigenvalue weighted by Gasteiger charge is -2.24. The van der Waals surface area contributed by atoms with Crippen molar-refractivity contribution in [2.24, 2.45) is 0 Å². The molecule has 4 rings (SSSR count). The van der Waals surface area contributed by atoms with Gasteiger partial charge in [-0.25, -0.2) is 4.39 Å². The number of hydrogen-bond acceptors (Lipinski definition) is 4. The Bertz CT molecular complexity index is 1440. The van der Waals surface area contributed by atoms with Crippen molar-refractivity contribution in [3.05, 3.63) is 125 Å². The zero-order valence-corrected chi connectivity index (χ0v) is 21.2. The van der Waals surface area contributed by atoms with E-state index < -0.39 is 5.97 Å². The number of carboxylic acid groups (broad SMARTS) is 1. The molecule has 3 aromatic carbocycles. The van der Waals surface area contributed by atoms with Gasteiger partial charge in [-0.05, 0) is 65.1 Å². The summed E-state index contributed by atoms with van der Waals surface area (Å²) in [6, 6.07) is 23.6. The van der Waals surface area contributed by atoms with E-state index >= 15 is 0 Å². The monoisotopic (exact) mass is 525 g/mol. The normalized spacial score (nSPS) is 10.6. The molecule has 0 radical (unpaired) electrons. The van der Waals surface area contributed by atoms with Gasteiger partial charge < -0.3 is 15.3 Å². The SMILES string of the molecule is O=C(O)CCN(CCc1ccncc1)C(=O)c1ccccc1-c1ccccc1C(=O)NCc1ccc(F)cc1. The summed E-state index contributed by atoms with van der Waals surface area (Å²) >= 11 is 0. The Hall–Kier alpha value is -4.85. The molecule has 1 aromatic heterocycles. The lowest BCUT2D eigenvalue weighted by molar-refractivity contribution is -0.137. The smallest absolute Gasteiger partial charge is 0.305 e. The molecule has 0 atom stereocenters. The highest BCUT2D eigenvalue weighted by Crippen LogP contribution is 2.28. The highest BCUT2D eigenvalue weighted by molar-refractivity contribution is 6.06. The van der Waals surface area contributed by atoms with E-state index in [1.807, 2.05) is 12.1 Å².